The van der Waals surface area contributed by atoms with E-state index in [1.807, 2.05) is 0 Å². The Bertz CT molecular complexity index is 272. The Hall–Kier alpha value is -1.58. The lowest BCUT2D eigenvalue weighted by Gasteiger charge is -2.02. The average Bonchev–Trinajstić information content (AvgIpc) is 2.04. The molecule has 4 heteroatoms. The summed E-state index contributed by atoms with van der Waals surface area (Å²) in [4.78, 5) is 14.6. The number of hydrogen-bond acceptors (Lipinski definition) is 3. The lowest BCUT2D eigenvalue weighted by Crippen LogP contribution is -2.13. The third-order valence-corrected chi connectivity index (χ3v) is 1.36. The molecule has 0 aliphatic carbocycles. The molecule has 1 heterocycles. The second kappa shape index (κ2) is 3.01. The summed E-state index contributed by atoms with van der Waals surface area (Å²) in [7, 11) is 1.71. The minimum atomic E-state index is -0.447. The largest absolute Gasteiger partial charge is 0.386 e. The fraction of sp³-hybridized carbons (Fsp3) is 0.143. The highest BCUT2D eigenvalue weighted by atomic mass is 16.1. The molecule has 0 saturated heterocycles. The maximum absolute atomic E-state index is 10.7. The van der Waals surface area contributed by atoms with Crippen LogP contribution in [0.5, 0.6) is 0 Å². The Morgan fingerprint density at radius 2 is 2.45 bits per heavy atom. The smallest absolute Gasteiger partial charge is 0.250 e. The van der Waals surface area contributed by atoms with Gasteiger partial charge in [-0.15, -0.1) is 0 Å². The van der Waals surface area contributed by atoms with E-state index in [0.717, 1.165) is 0 Å². The van der Waals surface area contributed by atoms with Gasteiger partial charge in [-0.2, -0.15) is 0 Å². The molecule has 1 amide bonds. The molecular weight excluding hydrogens is 142 g/mol. The topological polar surface area (TPSA) is 68.0 Å². The Kier molecular flexibility index (Phi) is 2.06. The molecule has 11 heavy (non-hydrogen) atoms. The van der Waals surface area contributed by atoms with E-state index in [9.17, 15) is 4.79 Å². The Labute approximate surface area is 64.4 Å². The van der Waals surface area contributed by atoms with E-state index in [1.54, 1.807) is 19.3 Å². The van der Waals surface area contributed by atoms with E-state index < -0.39 is 5.91 Å². The molecule has 0 bridgehead atoms. The molecule has 0 radical (unpaired) electrons. The molecule has 1 aromatic heterocycles. The van der Waals surface area contributed by atoms with Crippen LogP contribution in [0.1, 0.15) is 10.4 Å². The van der Waals surface area contributed by atoms with Crippen molar-refractivity contribution in [2.75, 3.05) is 12.4 Å². The summed E-state index contributed by atoms with van der Waals surface area (Å²) in [6.07, 6.45) is 3.08. The average molecular weight is 151 g/mol. The van der Waals surface area contributed by atoms with Crippen LogP contribution in [0.4, 0.5) is 5.69 Å². The molecule has 0 spiro atoms. The van der Waals surface area contributed by atoms with Gasteiger partial charge in [-0.1, -0.05) is 0 Å². The van der Waals surface area contributed by atoms with Crippen molar-refractivity contribution in [2.24, 2.45) is 5.73 Å². The van der Waals surface area contributed by atoms with E-state index in [1.165, 1.54) is 6.20 Å². The fourth-order valence-electron chi connectivity index (χ4n) is 0.809. The van der Waals surface area contributed by atoms with Gasteiger partial charge in [0.25, 0.3) is 5.91 Å². The van der Waals surface area contributed by atoms with Crippen LogP contribution in [0.25, 0.3) is 0 Å². The molecule has 0 aliphatic heterocycles. The van der Waals surface area contributed by atoms with Crippen molar-refractivity contribution in [3.8, 4) is 0 Å². The SMILES string of the molecule is CNc1cnccc1C(N)=O. The van der Waals surface area contributed by atoms with Crippen LogP contribution in [0.2, 0.25) is 0 Å². The van der Waals surface area contributed by atoms with Crippen LogP contribution in [0, 0.1) is 0 Å². The number of primary amides is 1. The fourth-order valence-corrected chi connectivity index (χ4v) is 0.809. The highest BCUT2D eigenvalue weighted by molar-refractivity contribution is 5.98. The summed E-state index contributed by atoms with van der Waals surface area (Å²) in [5, 5.41) is 2.81. The second-order valence-electron chi connectivity index (χ2n) is 2.04. The number of aromatic nitrogens is 1. The first kappa shape index (κ1) is 7.53. The van der Waals surface area contributed by atoms with Crippen molar-refractivity contribution in [3.63, 3.8) is 0 Å². The Morgan fingerprint density at radius 3 is 2.91 bits per heavy atom. The highest BCUT2D eigenvalue weighted by Gasteiger charge is 2.04. The van der Waals surface area contributed by atoms with Gasteiger partial charge in [-0.05, 0) is 6.07 Å². The van der Waals surface area contributed by atoms with Crippen molar-refractivity contribution in [2.45, 2.75) is 0 Å². The van der Waals surface area contributed by atoms with Gasteiger partial charge in [-0.25, -0.2) is 0 Å². The molecule has 0 fully saturated rings. The first-order valence-corrected chi connectivity index (χ1v) is 3.17. The number of carbonyl (C=O) groups is 1. The standard InChI is InChI=1S/C7H9N3O/c1-9-6-4-10-3-2-5(6)7(8)11/h2-4,9H,1H3,(H2,8,11). The number of nitrogens with one attached hydrogen (secondary N) is 1. The number of pyridine rings is 1. The maximum Gasteiger partial charge on any atom is 0.250 e. The number of anilines is 1. The first-order valence-electron chi connectivity index (χ1n) is 3.17. The van der Waals surface area contributed by atoms with Crippen molar-refractivity contribution < 1.29 is 4.79 Å². The third kappa shape index (κ3) is 1.46. The predicted molar refractivity (Wildman–Crippen MR) is 42.3 cm³/mol. The molecule has 1 aromatic rings. The van der Waals surface area contributed by atoms with Crippen LogP contribution in [0.3, 0.4) is 0 Å². The quantitative estimate of drug-likeness (QED) is 0.635. The van der Waals surface area contributed by atoms with Gasteiger partial charge in [-0.3, -0.25) is 9.78 Å². The zero-order chi connectivity index (χ0) is 8.27. The normalized spacial score (nSPS) is 9.18. The molecule has 0 atom stereocenters. The number of nitrogens with two attached hydrogens (primary N) is 1. The summed E-state index contributed by atoms with van der Waals surface area (Å²) in [5.74, 6) is -0.447. The van der Waals surface area contributed by atoms with Crippen molar-refractivity contribution in [1.82, 2.24) is 4.98 Å². The van der Waals surface area contributed by atoms with E-state index >= 15 is 0 Å². The van der Waals surface area contributed by atoms with Crippen LogP contribution >= 0.6 is 0 Å². The summed E-state index contributed by atoms with van der Waals surface area (Å²) in [6, 6.07) is 1.58. The van der Waals surface area contributed by atoms with Crippen molar-refractivity contribution >= 4 is 11.6 Å². The minimum Gasteiger partial charge on any atom is -0.386 e. The van der Waals surface area contributed by atoms with Crippen molar-refractivity contribution in [3.05, 3.63) is 24.0 Å². The first-order chi connectivity index (χ1) is 5.25. The molecule has 0 unspecified atom stereocenters. The zero-order valence-corrected chi connectivity index (χ0v) is 6.16. The molecule has 0 aliphatic rings. The number of amides is 1. The molecule has 4 nitrogen and oxygen atoms in total. The van der Waals surface area contributed by atoms with E-state index in [-0.39, 0.29) is 0 Å². The second-order valence-corrected chi connectivity index (χ2v) is 2.04. The van der Waals surface area contributed by atoms with Gasteiger partial charge in [0.15, 0.2) is 0 Å². The Balaban J connectivity index is 3.12. The van der Waals surface area contributed by atoms with Crippen LogP contribution in [0.15, 0.2) is 18.5 Å². The zero-order valence-electron chi connectivity index (χ0n) is 6.16. The van der Waals surface area contributed by atoms with Crippen LogP contribution in [-0.2, 0) is 0 Å². The number of hydrogen-bond donors (Lipinski definition) is 2. The number of carbonyl (C=O) groups excluding carboxylic acids is 1. The molecule has 1 rings (SSSR count). The van der Waals surface area contributed by atoms with E-state index in [4.69, 9.17) is 5.73 Å². The van der Waals surface area contributed by atoms with Gasteiger partial charge < -0.3 is 11.1 Å². The van der Waals surface area contributed by atoms with Crippen LogP contribution < -0.4 is 11.1 Å². The predicted octanol–water partition coefficient (Wildman–Crippen LogP) is 0.222. The molecule has 0 aromatic carbocycles. The van der Waals surface area contributed by atoms with Gasteiger partial charge in [0.2, 0.25) is 0 Å². The third-order valence-electron chi connectivity index (χ3n) is 1.36. The van der Waals surface area contributed by atoms with Gasteiger partial charge in [0.05, 0.1) is 17.4 Å². The van der Waals surface area contributed by atoms with Gasteiger partial charge in [0, 0.05) is 13.2 Å². The van der Waals surface area contributed by atoms with Crippen molar-refractivity contribution in [1.29, 1.82) is 0 Å². The maximum atomic E-state index is 10.7. The molecule has 3 N–H and O–H groups in total. The van der Waals surface area contributed by atoms with E-state index in [0.29, 0.717) is 11.3 Å². The summed E-state index contributed by atoms with van der Waals surface area (Å²) < 4.78 is 0. The summed E-state index contributed by atoms with van der Waals surface area (Å²) in [5.41, 5.74) is 6.20. The van der Waals surface area contributed by atoms with E-state index in [2.05, 4.69) is 10.3 Å². The minimum absolute atomic E-state index is 0.447. The molecular formula is C7H9N3O. The van der Waals surface area contributed by atoms with Gasteiger partial charge in [0.1, 0.15) is 0 Å². The summed E-state index contributed by atoms with van der Waals surface area (Å²) in [6.45, 7) is 0. The van der Waals surface area contributed by atoms with Crippen LogP contribution in [-0.4, -0.2) is 17.9 Å². The molecule has 58 valence electrons. The number of rotatable bonds is 2. The highest BCUT2D eigenvalue weighted by Crippen LogP contribution is 2.10. The lowest BCUT2D eigenvalue weighted by atomic mass is 10.2. The monoisotopic (exact) mass is 151 g/mol. The Morgan fingerprint density at radius 1 is 1.73 bits per heavy atom. The molecule has 0 saturated carbocycles. The van der Waals surface area contributed by atoms with Gasteiger partial charge >= 0.3 is 0 Å². The number of nitrogens with zero attached hydrogens (tertiary/aromatic N) is 1. The lowest BCUT2D eigenvalue weighted by molar-refractivity contribution is 0.100. The summed E-state index contributed by atoms with van der Waals surface area (Å²) >= 11 is 0.